The van der Waals surface area contributed by atoms with Gasteiger partial charge in [-0.25, -0.2) is 4.39 Å². The Morgan fingerprint density at radius 3 is 2.45 bits per heavy atom. The van der Waals surface area contributed by atoms with Crippen molar-refractivity contribution >= 4 is 17.4 Å². The van der Waals surface area contributed by atoms with Crippen molar-refractivity contribution in [2.75, 3.05) is 5.32 Å². The Balaban J connectivity index is 2.26. The van der Waals surface area contributed by atoms with Crippen molar-refractivity contribution < 1.29 is 14.4 Å². The van der Waals surface area contributed by atoms with Gasteiger partial charge in [-0.1, -0.05) is 17.3 Å². The van der Waals surface area contributed by atoms with Gasteiger partial charge in [-0.15, -0.1) is 0 Å². The highest BCUT2D eigenvalue weighted by atomic mass is 19.1. The molecular weight excluding hydrogens is 261 g/mol. The van der Waals surface area contributed by atoms with Gasteiger partial charge in [0.2, 0.25) is 0 Å². The van der Waals surface area contributed by atoms with Crippen molar-refractivity contribution in [2.45, 2.75) is 0 Å². The molecule has 0 aromatic heterocycles. The molecule has 0 aliphatic heterocycles. The highest BCUT2D eigenvalue weighted by molar-refractivity contribution is 6.09. The van der Waals surface area contributed by atoms with E-state index in [0.29, 0.717) is 16.8 Å². The van der Waals surface area contributed by atoms with Crippen LogP contribution in [-0.2, 0) is 0 Å². The summed E-state index contributed by atoms with van der Waals surface area (Å²) in [7, 11) is 0. The third-order valence-corrected chi connectivity index (χ3v) is 2.67. The fourth-order valence-electron chi connectivity index (χ4n) is 1.67. The predicted octanol–water partition coefficient (Wildman–Crippen LogP) is 2.17. The van der Waals surface area contributed by atoms with Gasteiger partial charge < -0.3 is 16.3 Å². The van der Waals surface area contributed by atoms with Crippen LogP contribution in [0.4, 0.5) is 10.1 Å². The number of rotatable bonds is 3. The topological polar surface area (TPSA) is 87.7 Å². The maximum atomic E-state index is 12.8. The zero-order chi connectivity index (χ0) is 14.5. The van der Waals surface area contributed by atoms with Gasteiger partial charge in [-0.2, -0.15) is 0 Å². The minimum absolute atomic E-state index is 0.111. The first kappa shape index (κ1) is 13.5. The van der Waals surface area contributed by atoms with E-state index >= 15 is 0 Å². The summed E-state index contributed by atoms with van der Waals surface area (Å²) in [4.78, 5) is 12.0. The molecule has 0 saturated heterocycles. The van der Waals surface area contributed by atoms with Crippen LogP contribution in [0.3, 0.4) is 0 Å². The molecule has 2 aromatic rings. The highest BCUT2D eigenvalue weighted by Crippen LogP contribution is 2.16. The van der Waals surface area contributed by atoms with E-state index < -0.39 is 11.7 Å². The molecule has 0 fully saturated rings. The lowest BCUT2D eigenvalue weighted by atomic mass is 10.1. The second kappa shape index (κ2) is 5.83. The van der Waals surface area contributed by atoms with Crippen LogP contribution in [0.2, 0.25) is 0 Å². The van der Waals surface area contributed by atoms with E-state index in [2.05, 4.69) is 10.5 Å². The number of nitrogens with one attached hydrogen (secondary N) is 1. The molecule has 4 N–H and O–H groups in total. The van der Waals surface area contributed by atoms with Crippen molar-refractivity contribution in [1.29, 1.82) is 0 Å². The average Bonchev–Trinajstić information content (AvgIpc) is 2.47. The van der Waals surface area contributed by atoms with E-state index in [9.17, 15) is 9.18 Å². The maximum Gasteiger partial charge on any atom is 0.255 e. The second-order valence-corrected chi connectivity index (χ2v) is 3.99. The van der Waals surface area contributed by atoms with Gasteiger partial charge in [0.15, 0.2) is 5.84 Å². The average molecular weight is 273 g/mol. The lowest BCUT2D eigenvalue weighted by Crippen LogP contribution is -2.19. The van der Waals surface area contributed by atoms with Crippen LogP contribution < -0.4 is 11.1 Å². The Kier molecular flexibility index (Phi) is 3.95. The summed E-state index contributed by atoms with van der Waals surface area (Å²) in [5.41, 5.74) is 6.63. The number of para-hydroxylation sites is 1. The van der Waals surface area contributed by atoms with E-state index in [1.54, 1.807) is 24.3 Å². The summed E-state index contributed by atoms with van der Waals surface area (Å²) in [6, 6.07) is 11.8. The van der Waals surface area contributed by atoms with E-state index in [1.807, 2.05) is 0 Å². The number of nitrogens with two attached hydrogens (primary N) is 1. The van der Waals surface area contributed by atoms with Crippen LogP contribution in [0.5, 0.6) is 0 Å². The number of amidine groups is 1. The number of carbonyl (C=O) groups excluding carboxylic acids is 1. The van der Waals surface area contributed by atoms with Crippen molar-refractivity contribution in [1.82, 2.24) is 0 Å². The molecule has 1 amide bonds. The Labute approximate surface area is 114 Å². The molecule has 5 nitrogen and oxygen atoms in total. The van der Waals surface area contributed by atoms with Crippen molar-refractivity contribution in [3.05, 3.63) is 65.5 Å². The summed E-state index contributed by atoms with van der Waals surface area (Å²) < 4.78 is 12.8. The number of hydrogen-bond donors (Lipinski definition) is 3. The van der Waals surface area contributed by atoms with Crippen LogP contribution in [0.15, 0.2) is 53.7 Å². The lowest BCUT2D eigenvalue weighted by molar-refractivity contribution is 0.102. The Bertz CT molecular complexity index is 654. The van der Waals surface area contributed by atoms with E-state index in [0.717, 1.165) is 0 Å². The van der Waals surface area contributed by atoms with Crippen LogP contribution >= 0.6 is 0 Å². The molecule has 0 bridgehead atoms. The van der Waals surface area contributed by atoms with Crippen molar-refractivity contribution in [3.8, 4) is 0 Å². The zero-order valence-corrected chi connectivity index (χ0v) is 10.4. The number of nitrogens with zero attached hydrogens (tertiary/aromatic N) is 1. The summed E-state index contributed by atoms with van der Waals surface area (Å²) in [5, 5.41) is 14.2. The monoisotopic (exact) mass is 273 g/mol. The third kappa shape index (κ3) is 2.92. The molecule has 0 radical (unpaired) electrons. The molecule has 6 heteroatoms. The number of benzene rings is 2. The maximum absolute atomic E-state index is 12.8. The minimum Gasteiger partial charge on any atom is -0.409 e. The molecule has 0 heterocycles. The van der Waals surface area contributed by atoms with E-state index in [-0.39, 0.29) is 5.84 Å². The molecular formula is C14H12FN3O2. The number of amides is 1. The van der Waals surface area contributed by atoms with Crippen LogP contribution in [0, 0.1) is 5.82 Å². The smallest absolute Gasteiger partial charge is 0.255 e. The van der Waals surface area contributed by atoms with Gasteiger partial charge >= 0.3 is 0 Å². The number of carbonyl (C=O) groups is 1. The van der Waals surface area contributed by atoms with Gasteiger partial charge in [0, 0.05) is 11.1 Å². The van der Waals surface area contributed by atoms with Crippen LogP contribution in [0.1, 0.15) is 15.9 Å². The van der Waals surface area contributed by atoms with Gasteiger partial charge in [-0.05, 0) is 36.4 Å². The molecule has 0 aliphatic carbocycles. The summed E-state index contributed by atoms with van der Waals surface area (Å²) in [6.07, 6.45) is 0. The van der Waals surface area contributed by atoms with Crippen molar-refractivity contribution in [2.24, 2.45) is 10.9 Å². The predicted molar refractivity (Wildman–Crippen MR) is 73.3 cm³/mol. The molecule has 2 rings (SSSR count). The number of oxime groups is 1. The Hall–Kier alpha value is -2.89. The highest BCUT2D eigenvalue weighted by Gasteiger charge is 2.11. The largest absolute Gasteiger partial charge is 0.409 e. The van der Waals surface area contributed by atoms with Gasteiger partial charge in [0.05, 0.1) is 5.69 Å². The molecule has 0 aliphatic rings. The van der Waals surface area contributed by atoms with Crippen LogP contribution in [-0.4, -0.2) is 17.0 Å². The summed E-state index contributed by atoms with van der Waals surface area (Å²) in [6.45, 7) is 0. The number of halogens is 1. The lowest BCUT2D eigenvalue weighted by Gasteiger charge is -2.09. The number of anilines is 1. The second-order valence-electron chi connectivity index (χ2n) is 3.99. The first-order valence-corrected chi connectivity index (χ1v) is 5.75. The molecule has 102 valence electrons. The normalized spacial score (nSPS) is 11.2. The number of hydrogen-bond acceptors (Lipinski definition) is 3. The van der Waals surface area contributed by atoms with E-state index in [1.165, 1.54) is 24.3 Å². The first-order valence-electron chi connectivity index (χ1n) is 5.75. The SMILES string of the molecule is N/C(=N/O)c1ccccc1NC(=O)c1ccc(F)cc1. The molecule has 0 spiro atoms. The third-order valence-electron chi connectivity index (χ3n) is 2.67. The minimum atomic E-state index is -0.418. The van der Waals surface area contributed by atoms with Gasteiger partial charge in [0.1, 0.15) is 5.82 Å². The van der Waals surface area contributed by atoms with Crippen molar-refractivity contribution in [3.63, 3.8) is 0 Å². The zero-order valence-electron chi connectivity index (χ0n) is 10.4. The summed E-state index contributed by atoms with van der Waals surface area (Å²) >= 11 is 0. The van der Waals surface area contributed by atoms with Gasteiger partial charge in [0.25, 0.3) is 5.91 Å². The van der Waals surface area contributed by atoms with Crippen LogP contribution in [0.25, 0.3) is 0 Å². The Morgan fingerprint density at radius 1 is 1.15 bits per heavy atom. The molecule has 20 heavy (non-hydrogen) atoms. The summed E-state index contributed by atoms with van der Waals surface area (Å²) in [5.74, 6) is -0.943. The van der Waals surface area contributed by atoms with E-state index in [4.69, 9.17) is 10.9 Å². The van der Waals surface area contributed by atoms with Gasteiger partial charge in [-0.3, -0.25) is 4.79 Å². The fraction of sp³-hybridized carbons (Fsp3) is 0. The standard InChI is InChI=1S/C14H12FN3O2/c15-10-7-5-9(6-8-10)14(19)17-12-4-2-1-3-11(12)13(16)18-20/h1-8,20H,(H2,16,18)(H,17,19). The Morgan fingerprint density at radius 2 is 1.80 bits per heavy atom. The first-order chi connectivity index (χ1) is 9.61. The molecule has 2 aromatic carbocycles. The molecule has 0 saturated carbocycles. The fourth-order valence-corrected chi connectivity index (χ4v) is 1.67. The molecule has 0 atom stereocenters. The quantitative estimate of drug-likeness (QED) is 0.346. The molecule has 0 unspecified atom stereocenters.